The number of rotatable bonds is 11. The zero-order chi connectivity index (χ0) is 23.8. The minimum absolute atomic E-state index is 0.0964. The van der Waals surface area contributed by atoms with Crippen LogP contribution in [0.25, 0.3) is 0 Å². The largest absolute Gasteiger partial charge is 0.491 e. The summed E-state index contributed by atoms with van der Waals surface area (Å²) in [6, 6.07) is 13.7. The molecule has 0 radical (unpaired) electrons. The van der Waals surface area contributed by atoms with Crippen LogP contribution in [0.4, 0.5) is 0 Å². The van der Waals surface area contributed by atoms with E-state index in [0.29, 0.717) is 17.3 Å². The van der Waals surface area contributed by atoms with Crippen LogP contribution < -0.4 is 9.47 Å². The molecule has 0 aliphatic carbocycles. The van der Waals surface area contributed by atoms with Crippen molar-refractivity contribution in [1.82, 2.24) is 4.90 Å². The van der Waals surface area contributed by atoms with Gasteiger partial charge >= 0.3 is 0 Å². The molecule has 2 aromatic rings. The van der Waals surface area contributed by atoms with E-state index >= 15 is 0 Å². The van der Waals surface area contributed by atoms with Crippen LogP contribution in [0.1, 0.15) is 25.0 Å². The van der Waals surface area contributed by atoms with Crippen LogP contribution >= 0.6 is 35.0 Å². The van der Waals surface area contributed by atoms with Gasteiger partial charge in [-0.25, -0.2) is 0 Å². The first-order valence-corrected chi connectivity index (χ1v) is 13.2. The number of alkyl halides is 1. The van der Waals surface area contributed by atoms with Gasteiger partial charge in [-0.15, -0.1) is 11.6 Å². The Kier molecular flexibility index (Phi) is 10.0. The van der Waals surface area contributed by atoms with Gasteiger partial charge in [0.15, 0.2) is 0 Å². The van der Waals surface area contributed by atoms with Crippen molar-refractivity contribution in [3.63, 3.8) is 0 Å². The molecule has 1 heterocycles. The summed E-state index contributed by atoms with van der Waals surface area (Å²) in [6.07, 6.45) is -1.23. The van der Waals surface area contributed by atoms with E-state index in [2.05, 4.69) is 18.7 Å². The summed E-state index contributed by atoms with van der Waals surface area (Å²) < 4.78 is 11.4. The number of benzene rings is 2. The molecule has 5 nitrogen and oxygen atoms in total. The summed E-state index contributed by atoms with van der Waals surface area (Å²) in [5, 5.41) is 20.4. The maximum Gasteiger partial charge on any atom is 0.138 e. The Morgan fingerprint density at radius 2 is 1.61 bits per heavy atom. The number of ether oxygens (including phenoxy) is 2. The third-order valence-corrected chi connectivity index (χ3v) is 7.45. The summed E-state index contributed by atoms with van der Waals surface area (Å²) in [5.41, 5.74) is 1.87. The molecule has 0 bridgehead atoms. The van der Waals surface area contributed by atoms with Gasteiger partial charge < -0.3 is 19.7 Å². The quantitative estimate of drug-likeness (QED) is 0.433. The number of hydrogen-bond acceptors (Lipinski definition) is 6. The van der Waals surface area contributed by atoms with Gasteiger partial charge in [0.25, 0.3) is 0 Å². The first-order valence-electron chi connectivity index (χ1n) is 11.2. The predicted octanol–water partition coefficient (Wildman–Crippen LogP) is 4.43. The maximum atomic E-state index is 10.3. The lowest BCUT2D eigenvalue weighted by Crippen LogP contribution is -2.40. The second-order valence-electron chi connectivity index (χ2n) is 8.79. The van der Waals surface area contributed by atoms with Gasteiger partial charge in [-0.05, 0) is 35.4 Å². The molecule has 0 saturated carbocycles. The number of nitrogens with zero attached hydrogens (tertiary/aromatic N) is 1. The number of halogens is 2. The van der Waals surface area contributed by atoms with Gasteiger partial charge in [0, 0.05) is 36.6 Å². The van der Waals surface area contributed by atoms with Crippen molar-refractivity contribution in [1.29, 1.82) is 0 Å². The molecule has 1 aliphatic heterocycles. The molecule has 2 aromatic carbocycles. The Balaban J connectivity index is 1.57. The number of aliphatic hydroxyl groups is 2. The molecule has 0 amide bonds. The molecule has 0 aromatic heterocycles. The zero-order valence-electron chi connectivity index (χ0n) is 19.2. The predicted molar refractivity (Wildman–Crippen MR) is 138 cm³/mol. The molecular formula is C25H33Cl2NO4S. The average molecular weight is 515 g/mol. The van der Waals surface area contributed by atoms with Crippen LogP contribution in [0.15, 0.2) is 42.5 Å². The Bertz CT molecular complexity index is 875. The molecule has 2 N–H and O–H groups in total. The van der Waals surface area contributed by atoms with Gasteiger partial charge in [0.2, 0.25) is 0 Å². The van der Waals surface area contributed by atoms with Crippen LogP contribution in [-0.2, 0) is 5.41 Å². The Hall–Kier alpha value is -1.15. The van der Waals surface area contributed by atoms with E-state index in [0.717, 1.165) is 41.5 Å². The lowest BCUT2D eigenvalue weighted by atomic mass is 9.78. The molecule has 0 unspecified atom stereocenters. The average Bonchev–Trinajstić information content (AvgIpc) is 2.82. The summed E-state index contributed by atoms with van der Waals surface area (Å²) in [4.78, 5) is 2.29. The first kappa shape index (κ1) is 26.5. The minimum atomic E-state index is -0.732. The molecule has 3 rings (SSSR count). The van der Waals surface area contributed by atoms with Gasteiger partial charge in [-0.3, -0.25) is 4.90 Å². The van der Waals surface area contributed by atoms with E-state index in [1.807, 2.05) is 54.2 Å². The highest BCUT2D eigenvalue weighted by molar-refractivity contribution is 7.99. The number of thioether (sulfide) groups is 1. The van der Waals surface area contributed by atoms with Crippen LogP contribution in [0.3, 0.4) is 0 Å². The lowest BCUT2D eigenvalue weighted by Gasteiger charge is -2.28. The second-order valence-corrected chi connectivity index (χ2v) is 10.7. The number of hydrogen-bond donors (Lipinski definition) is 2. The molecule has 0 spiro atoms. The molecule has 8 heteroatoms. The van der Waals surface area contributed by atoms with Crippen molar-refractivity contribution in [2.24, 2.45) is 0 Å². The van der Waals surface area contributed by atoms with E-state index < -0.39 is 12.2 Å². The molecular weight excluding hydrogens is 481 g/mol. The fourth-order valence-electron chi connectivity index (χ4n) is 3.70. The second kappa shape index (κ2) is 12.5. The SMILES string of the molecule is CC(C)(c1ccc(OC[C@H](O)CN2CCSCC2)cc1)c1ccc(OC[C@@H](O)CCl)c(Cl)c1. The smallest absolute Gasteiger partial charge is 0.138 e. The monoisotopic (exact) mass is 513 g/mol. The highest BCUT2D eigenvalue weighted by Gasteiger charge is 2.24. The first-order chi connectivity index (χ1) is 15.8. The van der Waals surface area contributed by atoms with Crippen molar-refractivity contribution in [3.8, 4) is 11.5 Å². The van der Waals surface area contributed by atoms with Crippen molar-refractivity contribution in [2.75, 3.05) is 50.2 Å². The fraction of sp³-hybridized carbons (Fsp3) is 0.520. The van der Waals surface area contributed by atoms with Gasteiger partial charge in [-0.2, -0.15) is 11.8 Å². The molecule has 182 valence electrons. The molecule has 1 fully saturated rings. The van der Waals surface area contributed by atoms with Crippen LogP contribution in [0.2, 0.25) is 5.02 Å². The van der Waals surface area contributed by atoms with Crippen molar-refractivity contribution < 1.29 is 19.7 Å². The molecule has 1 saturated heterocycles. The van der Waals surface area contributed by atoms with E-state index in [4.69, 9.17) is 32.7 Å². The summed E-state index contributed by atoms with van der Waals surface area (Å²) in [5.74, 6) is 3.62. The van der Waals surface area contributed by atoms with E-state index in [-0.39, 0.29) is 24.5 Å². The van der Waals surface area contributed by atoms with Crippen molar-refractivity contribution >= 4 is 35.0 Å². The van der Waals surface area contributed by atoms with Crippen molar-refractivity contribution in [2.45, 2.75) is 31.5 Å². The van der Waals surface area contributed by atoms with Crippen molar-refractivity contribution in [3.05, 3.63) is 58.6 Å². The van der Waals surface area contributed by atoms with E-state index in [9.17, 15) is 10.2 Å². The van der Waals surface area contributed by atoms with E-state index in [1.54, 1.807) is 0 Å². The lowest BCUT2D eigenvalue weighted by molar-refractivity contribution is 0.0715. The van der Waals surface area contributed by atoms with E-state index in [1.165, 1.54) is 0 Å². The topological polar surface area (TPSA) is 62.2 Å². The van der Waals surface area contributed by atoms with Crippen LogP contribution in [0.5, 0.6) is 11.5 Å². The zero-order valence-corrected chi connectivity index (χ0v) is 21.5. The van der Waals surface area contributed by atoms with Crippen LogP contribution in [0, 0.1) is 0 Å². The maximum absolute atomic E-state index is 10.3. The third-order valence-electron chi connectivity index (χ3n) is 5.85. The Morgan fingerprint density at radius 1 is 0.970 bits per heavy atom. The highest BCUT2D eigenvalue weighted by atomic mass is 35.5. The number of aliphatic hydroxyl groups excluding tert-OH is 2. The number of β-amino-alcohol motifs (C(OH)–C–C–N with tert-alkyl or cyclic N) is 1. The summed E-state index contributed by atoms with van der Waals surface area (Å²) in [6.45, 7) is 7.34. The fourth-order valence-corrected chi connectivity index (χ4v) is 5.00. The molecule has 2 atom stereocenters. The van der Waals surface area contributed by atoms with Gasteiger partial charge in [0.05, 0.1) is 10.9 Å². The summed E-state index contributed by atoms with van der Waals surface area (Å²) in [7, 11) is 0. The Labute approximate surface area is 211 Å². The minimum Gasteiger partial charge on any atom is -0.491 e. The molecule has 1 aliphatic rings. The summed E-state index contributed by atoms with van der Waals surface area (Å²) >= 11 is 14.0. The van der Waals surface area contributed by atoms with Gasteiger partial charge in [0.1, 0.15) is 36.9 Å². The van der Waals surface area contributed by atoms with Crippen LogP contribution in [-0.4, -0.2) is 77.6 Å². The normalized spacial score (nSPS) is 16.9. The molecule has 33 heavy (non-hydrogen) atoms. The Morgan fingerprint density at radius 3 is 2.24 bits per heavy atom. The van der Waals surface area contributed by atoms with Gasteiger partial charge in [-0.1, -0.05) is 43.6 Å². The third kappa shape index (κ3) is 7.67. The standard InChI is InChI=1S/C25H33Cl2NO4S/c1-25(2,19-5-8-24(23(27)13-19)32-16-20(29)14-26)18-3-6-22(7-4-18)31-17-21(30)15-28-9-11-33-12-10-28/h3-8,13,20-21,29-30H,9-12,14-17H2,1-2H3/t20-,21+/m0/s1. The highest BCUT2D eigenvalue weighted by Crippen LogP contribution is 2.36.